The lowest BCUT2D eigenvalue weighted by Crippen LogP contribution is -2.36. The minimum absolute atomic E-state index is 0.0920. The normalized spacial score (nSPS) is 15.1. The molecule has 1 fully saturated rings. The Morgan fingerprint density at radius 2 is 2.00 bits per heavy atom. The molecule has 0 radical (unpaired) electrons. The molecular formula is C22H23N3O2S2. The molecule has 0 aliphatic carbocycles. The molecular weight excluding hydrogens is 402 g/mol. The number of likely N-dealkylation sites (tertiary alicyclic amines) is 1. The number of nitrogens with zero attached hydrogens (tertiary/aromatic N) is 3. The zero-order valence-electron chi connectivity index (χ0n) is 16.3. The van der Waals surface area contributed by atoms with E-state index >= 15 is 0 Å². The first-order valence-corrected chi connectivity index (χ1v) is 11.4. The molecule has 29 heavy (non-hydrogen) atoms. The molecule has 4 rings (SSSR count). The van der Waals surface area contributed by atoms with Crippen molar-refractivity contribution in [1.29, 1.82) is 0 Å². The molecule has 0 spiro atoms. The van der Waals surface area contributed by atoms with Crippen LogP contribution >= 0.6 is 22.7 Å². The summed E-state index contributed by atoms with van der Waals surface area (Å²) in [6.45, 7) is 1.54. The standard InChI is InChI=1S/C22H23N3O2S2/c1-27-18-6-4-16(5-7-18)15-20-23-24-22(29-20)17-10-12-25(13-11-17)21(26)9-8-19-3-2-14-28-19/h2-9,14,17H,10-13,15H2,1H3/b9-8+. The quantitative estimate of drug-likeness (QED) is 0.541. The molecule has 5 nitrogen and oxygen atoms in total. The fourth-order valence-electron chi connectivity index (χ4n) is 3.41. The van der Waals surface area contributed by atoms with Crippen molar-refractivity contribution >= 4 is 34.7 Å². The predicted octanol–water partition coefficient (Wildman–Crippen LogP) is 4.62. The lowest BCUT2D eigenvalue weighted by molar-refractivity contribution is -0.126. The molecule has 1 saturated heterocycles. The Kier molecular flexibility index (Phi) is 6.36. The van der Waals surface area contributed by atoms with Crippen molar-refractivity contribution in [3.63, 3.8) is 0 Å². The summed E-state index contributed by atoms with van der Waals surface area (Å²) in [4.78, 5) is 15.4. The summed E-state index contributed by atoms with van der Waals surface area (Å²) in [5, 5.41) is 13.0. The number of benzene rings is 1. The van der Waals surface area contributed by atoms with Gasteiger partial charge in [-0.2, -0.15) is 0 Å². The Morgan fingerprint density at radius 3 is 2.69 bits per heavy atom. The van der Waals surface area contributed by atoms with Gasteiger partial charge >= 0.3 is 0 Å². The zero-order chi connectivity index (χ0) is 20.1. The molecule has 3 heterocycles. The average Bonchev–Trinajstić information content (AvgIpc) is 3.45. The van der Waals surface area contributed by atoms with E-state index in [2.05, 4.69) is 22.3 Å². The molecule has 0 unspecified atom stereocenters. The van der Waals surface area contributed by atoms with Gasteiger partial charge in [0.25, 0.3) is 0 Å². The average molecular weight is 426 g/mol. The summed E-state index contributed by atoms with van der Waals surface area (Å²) in [5.74, 6) is 1.34. The van der Waals surface area contributed by atoms with E-state index in [1.807, 2.05) is 40.6 Å². The van der Waals surface area contributed by atoms with E-state index in [4.69, 9.17) is 4.74 Å². The monoisotopic (exact) mass is 425 g/mol. The molecule has 150 valence electrons. The van der Waals surface area contributed by atoms with Crippen LogP contribution in [0, 0.1) is 0 Å². The molecule has 0 bridgehead atoms. The van der Waals surface area contributed by atoms with E-state index < -0.39 is 0 Å². The number of piperidine rings is 1. The Bertz CT molecular complexity index is 956. The Labute approximate surface area is 178 Å². The van der Waals surface area contributed by atoms with Crippen LogP contribution in [0.25, 0.3) is 6.08 Å². The van der Waals surface area contributed by atoms with Gasteiger partial charge in [0.2, 0.25) is 5.91 Å². The topological polar surface area (TPSA) is 55.3 Å². The van der Waals surface area contributed by atoms with Crippen molar-refractivity contribution in [3.05, 3.63) is 68.3 Å². The number of hydrogen-bond acceptors (Lipinski definition) is 6. The van der Waals surface area contributed by atoms with Crippen LogP contribution in [0.1, 0.15) is 39.2 Å². The molecule has 7 heteroatoms. The van der Waals surface area contributed by atoms with Gasteiger partial charge in [0.1, 0.15) is 15.8 Å². The number of rotatable bonds is 6. The zero-order valence-corrected chi connectivity index (χ0v) is 17.9. The van der Waals surface area contributed by atoms with Crippen LogP contribution < -0.4 is 4.74 Å². The van der Waals surface area contributed by atoms with Gasteiger partial charge in [-0.15, -0.1) is 32.9 Å². The van der Waals surface area contributed by atoms with Crippen molar-refractivity contribution in [2.75, 3.05) is 20.2 Å². The number of aromatic nitrogens is 2. The van der Waals surface area contributed by atoms with Crippen molar-refractivity contribution in [1.82, 2.24) is 15.1 Å². The third-order valence-corrected chi connectivity index (χ3v) is 7.01. The van der Waals surface area contributed by atoms with Crippen LogP contribution in [0.3, 0.4) is 0 Å². The van der Waals surface area contributed by atoms with Gasteiger partial charge in [0.15, 0.2) is 0 Å². The lowest BCUT2D eigenvalue weighted by atomic mass is 9.97. The molecule has 1 aliphatic rings. The summed E-state index contributed by atoms with van der Waals surface area (Å²) >= 11 is 3.33. The largest absolute Gasteiger partial charge is 0.497 e. The molecule has 1 aromatic carbocycles. The van der Waals surface area contributed by atoms with Crippen molar-refractivity contribution in [3.8, 4) is 5.75 Å². The SMILES string of the molecule is COc1ccc(Cc2nnc(C3CCN(C(=O)/C=C/c4cccs4)CC3)s2)cc1. The maximum Gasteiger partial charge on any atom is 0.246 e. The molecule has 0 saturated carbocycles. The van der Waals surface area contributed by atoms with Gasteiger partial charge in [-0.05, 0) is 48.1 Å². The molecule has 0 atom stereocenters. The summed E-state index contributed by atoms with van der Waals surface area (Å²) in [5.41, 5.74) is 1.20. The van der Waals surface area contributed by atoms with E-state index in [9.17, 15) is 4.79 Å². The Hall–Kier alpha value is -2.51. The van der Waals surface area contributed by atoms with Gasteiger partial charge in [-0.3, -0.25) is 4.79 Å². The summed E-state index contributed by atoms with van der Waals surface area (Å²) in [6.07, 6.45) is 6.25. The van der Waals surface area contributed by atoms with Crippen molar-refractivity contribution in [2.24, 2.45) is 0 Å². The maximum absolute atomic E-state index is 12.4. The number of carbonyl (C=O) groups excluding carboxylic acids is 1. The van der Waals surface area contributed by atoms with Gasteiger partial charge in [0.05, 0.1) is 7.11 Å². The number of thiophene rings is 1. The number of methoxy groups -OCH3 is 1. The second kappa shape index (κ2) is 9.33. The van der Waals surface area contributed by atoms with Crippen LogP contribution in [0.2, 0.25) is 0 Å². The minimum Gasteiger partial charge on any atom is -0.497 e. The molecule has 1 aliphatic heterocycles. The number of hydrogen-bond donors (Lipinski definition) is 0. The number of carbonyl (C=O) groups is 1. The van der Waals surface area contributed by atoms with Crippen LogP contribution in [0.4, 0.5) is 0 Å². The minimum atomic E-state index is 0.0920. The summed E-state index contributed by atoms with van der Waals surface area (Å²) < 4.78 is 5.21. The smallest absolute Gasteiger partial charge is 0.246 e. The highest BCUT2D eigenvalue weighted by molar-refractivity contribution is 7.11. The predicted molar refractivity (Wildman–Crippen MR) is 118 cm³/mol. The highest BCUT2D eigenvalue weighted by Crippen LogP contribution is 2.31. The molecule has 2 aromatic heterocycles. The molecule has 1 amide bonds. The fourth-order valence-corrected chi connectivity index (χ4v) is 5.08. The first-order chi connectivity index (χ1) is 14.2. The van der Waals surface area contributed by atoms with Crippen LogP contribution in [0.5, 0.6) is 5.75 Å². The summed E-state index contributed by atoms with van der Waals surface area (Å²) in [6, 6.07) is 12.1. The first kappa shape index (κ1) is 19.8. The molecule has 0 N–H and O–H groups in total. The number of ether oxygens (including phenoxy) is 1. The van der Waals surface area contributed by atoms with E-state index in [1.165, 1.54) is 5.56 Å². The fraction of sp³-hybridized carbons (Fsp3) is 0.318. The van der Waals surface area contributed by atoms with Crippen LogP contribution in [0.15, 0.2) is 47.9 Å². The summed E-state index contributed by atoms with van der Waals surface area (Å²) in [7, 11) is 1.67. The van der Waals surface area contributed by atoms with Crippen molar-refractivity contribution in [2.45, 2.75) is 25.2 Å². The van der Waals surface area contributed by atoms with E-state index in [1.54, 1.807) is 35.9 Å². The maximum atomic E-state index is 12.4. The van der Waals surface area contributed by atoms with Crippen molar-refractivity contribution < 1.29 is 9.53 Å². The van der Waals surface area contributed by atoms with Gasteiger partial charge < -0.3 is 9.64 Å². The second-order valence-corrected chi connectivity index (χ2v) is 9.08. The third-order valence-electron chi connectivity index (χ3n) is 5.09. The first-order valence-electron chi connectivity index (χ1n) is 9.67. The third kappa shape index (κ3) is 5.10. The van der Waals surface area contributed by atoms with E-state index in [-0.39, 0.29) is 5.91 Å². The van der Waals surface area contributed by atoms with Gasteiger partial charge in [0, 0.05) is 36.4 Å². The van der Waals surface area contributed by atoms with Crippen LogP contribution in [-0.4, -0.2) is 41.2 Å². The highest BCUT2D eigenvalue weighted by atomic mass is 32.1. The van der Waals surface area contributed by atoms with E-state index in [0.717, 1.165) is 53.0 Å². The Balaban J connectivity index is 1.30. The number of amides is 1. The van der Waals surface area contributed by atoms with Gasteiger partial charge in [-0.1, -0.05) is 18.2 Å². The van der Waals surface area contributed by atoms with Crippen LogP contribution in [-0.2, 0) is 11.2 Å². The van der Waals surface area contributed by atoms with Gasteiger partial charge in [-0.25, -0.2) is 0 Å². The second-order valence-electron chi connectivity index (χ2n) is 7.01. The molecule has 3 aromatic rings. The lowest BCUT2D eigenvalue weighted by Gasteiger charge is -2.30. The highest BCUT2D eigenvalue weighted by Gasteiger charge is 2.25. The van der Waals surface area contributed by atoms with E-state index in [0.29, 0.717) is 5.92 Å². The Morgan fingerprint density at radius 1 is 1.21 bits per heavy atom.